The molecule has 178 valence electrons. The van der Waals surface area contributed by atoms with E-state index in [4.69, 9.17) is 16.7 Å². The molecule has 5 rings (SSSR count). The van der Waals surface area contributed by atoms with Crippen LogP contribution in [-0.4, -0.2) is 77.6 Å². The Morgan fingerprint density at radius 2 is 1.82 bits per heavy atom. The quantitative estimate of drug-likeness (QED) is 0.670. The Kier molecular flexibility index (Phi) is 6.49. The van der Waals surface area contributed by atoms with Gasteiger partial charge in [0.05, 0.1) is 29.4 Å². The highest BCUT2D eigenvalue weighted by molar-refractivity contribution is 6.53. The highest BCUT2D eigenvalue weighted by Gasteiger charge is 2.33. The monoisotopic (exact) mass is 473 g/mol. The molecule has 0 radical (unpaired) electrons. The van der Waals surface area contributed by atoms with Gasteiger partial charge < -0.3 is 4.90 Å². The molecule has 3 aliphatic rings. The summed E-state index contributed by atoms with van der Waals surface area (Å²) >= 11 is 6.96. The van der Waals surface area contributed by atoms with Crippen molar-refractivity contribution in [1.29, 1.82) is 0 Å². The molecule has 0 amide bonds. The smallest absolute Gasteiger partial charge is 0.161 e. The number of nitrogens with zero attached hydrogens (tertiary/aromatic N) is 5. The van der Waals surface area contributed by atoms with Gasteiger partial charge in [-0.25, -0.2) is 9.07 Å². The van der Waals surface area contributed by atoms with Gasteiger partial charge >= 0.3 is 0 Å². The minimum absolute atomic E-state index is 0.360. The third-order valence-electron chi connectivity index (χ3n) is 6.94. The lowest BCUT2D eigenvalue weighted by Crippen LogP contribution is -2.49. The van der Waals surface area contributed by atoms with Gasteiger partial charge in [0.25, 0.3) is 0 Å². The molecule has 7 nitrogen and oxygen atoms in total. The van der Waals surface area contributed by atoms with Crippen LogP contribution >= 0.6 is 11.6 Å². The lowest BCUT2D eigenvalue weighted by Gasteiger charge is -2.36. The van der Waals surface area contributed by atoms with Crippen LogP contribution in [0.4, 0.5) is 16.0 Å². The zero-order valence-corrected chi connectivity index (χ0v) is 20.2. The average molecular weight is 474 g/mol. The normalized spacial score (nSPS) is 22.0. The Labute approximate surface area is 200 Å². The minimum atomic E-state index is -0.825. The van der Waals surface area contributed by atoms with E-state index >= 15 is 0 Å². The van der Waals surface area contributed by atoms with Gasteiger partial charge in [-0.1, -0.05) is 41.9 Å². The van der Waals surface area contributed by atoms with Crippen LogP contribution in [-0.2, 0) is 6.54 Å². The van der Waals surface area contributed by atoms with Gasteiger partial charge in [-0.05, 0) is 20.3 Å². The molecule has 1 aromatic carbocycles. The van der Waals surface area contributed by atoms with Crippen molar-refractivity contribution in [2.24, 2.45) is 0 Å². The minimum Gasteiger partial charge on any atom is -0.352 e. The summed E-state index contributed by atoms with van der Waals surface area (Å²) in [4.78, 5) is 7.04. The van der Waals surface area contributed by atoms with Crippen LogP contribution in [0.15, 0.2) is 30.3 Å². The maximum Gasteiger partial charge on any atom is 0.161 e. The summed E-state index contributed by atoms with van der Waals surface area (Å²) in [6.45, 7) is 11.5. The number of halogens is 2. The zero-order chi connectivity index (χ0) is 22.9. The van der Waals surface area contributed by atoms with Crippen molar-refractivity contribution in [1.82, 2.24) is 25.0 Å². The number of hydrogen-bond donors (Lipinski definition) is 2. The van der Waals surface area contributed by atoms with Crippen molar-refractivity contribution in [2.45, 2.75) is 39.0 Å². The van der Waals surface area contributed by atoms with E-state index in [2.05, 4.69) is 34.5 Å². The largest absolute Gasteiger partial charge is 0.352 e. The highest BCUT2D eigenvalue weighted by Crippen LogP contribution is 2.42. The summed E-state index contributed by atoms with van der Waals surface area (Å²) in [6.07, 6.45) is -0.297. The molecule has 3 aliphatic heterocycles. The van der Waals surface area contributed by atoms with Gasteiger partial charge in [0.2, 0.25) is 0 Å². The number of rotatable bonds is 6. The Balaban J connectivity index is 1.41. The molecule has 2 N–H and O–H groups in total. The van der Waals surface area contributed by atoms with Gasteiger partial charge in [0, 0.05) is 50.9 Å². The van der Waals surface area contributed by atoms with E-state index in [-0.39, 0.29) is 0 Å². The van der Waals surface area contributed by atoms with Crippen LogP contribution in [0.3, 0.4) is 0 Å². The first kappa shape index (κ1) is 22.5. The third kappa shape index (κ3) is 4.56. The average Bonchev–Trinajstić information content (AvgIpc) is 3.42. The standard InChI is InChI=1S/C24H33ClFN7/c1-17(2)31-13-10-30(11-14-31)12-15-33-23-20(24(29-33)32-9-8-19(26)16-32)21(25)22(27-28-23)18-6-4-3-5-7-18/h3-7,17,19,27-28H,8-16H2,1-2H3/t19-/m1/s1. The zero-order valence-electron chi connectivity index (χ0n) is 19.4. The van der Waals surface area contributed by atoms with Gasteiger partial charge in [0.1, 0.15) is 6.17 Å². The number of aromatic nitrogens is 2. The Morgan fingerprint density at radius 1 is 1.06 bits per heavy atom. The molecule has 1 atom stereocenters. The summed E-state index contributed by atoms with van der Waals surface area (Å²) in [6, 6.07) is 10.6. The second kappa shape index (κ2) is 9.52. The molecule has 0 spiro atoms. The van der Waals surface area contributed by atoms with Crippen LogP contribution in [0.1, 0.15) is 31.4 Å². The van der Waals surface area contributed by atoms with Crippen LogP contribution in [0, 0.1) is 0 Å². The van der Waals surface area contributed by atoms with Crippen molar-refractivity contribution in [3.63, 3.8) is 0 Å². The molecule has 0 aliphatic carbocycles. The summed E-state index contributed by atoms with van der Waals surface area (Å²) in [5, 5.41) is 5.55. The van der Waals surface area contributed by atoms with E-state index in [9.17, 15) is 4.39 Å². The molecule has 33 heavy (non-hydrogen) atoms. The van der Waals surface area contributed by atoms with E-state index in [1.54, 1.807) is 0 Å². The van der Waals surface area contributed by atoms with E-state index in [1.165, 1.54) is 0 Å². The Bertz CT molecular complexity index is 998. The molecule has 4 heterocycles. The molecule has 9 heteroatoms. The number of hydrazine groups is 1. The number of fused-ring (bicyclic) bond motifs is 1. The van der Waals surface area contributed by atoms with Crippen molar-refractivity contribution >= 4 is 34.0 Å². The lowest BCUT2D eigenvalue weighted by molar-refractivity contribution is 0.105. The van der Waals surface area contributed by atoms with Gasteiger partial charge in [-0.15, -0.1) is 0 Å². The number of anilines is 2. The van der Waals surface area contributed by atoms with Crippen LogP contribution in [0.25, 0.3) is 10.7 Å². The molecule has 0 unspecified atom stereocenters. The van der Waals surface area contributed by atoms with Crippen LogP contribution in [0.2, 0.25) is 0 Å². The van der Waals surface area contributed by atoms with E-state index in [0.29, 0.717) is 30.6 Å². The number of hydrogen-bond acceptors (Lipinski definition) is 6. The molecular weight excluding hydrogens is 441 g/mol. The Hall–Kier alpha value is -2.29. The molecule has 0 saturated carbocycles. The predicted octanol–water partition coefficient (Wildman–Crippen LogP) is 3.45. The van der Waals surface area contributed by atoms with Gasteiger partial charge in [-0.3, -0.25) is 20.7 Å². The predicted molar refractivity (Wildman–Crippen MR) is 133 cm³/mol. The van der Waals surface area contributed by atoms with Crippen molar-refractivity contribution in [3.05, 3.63) is 41.5 Å². The molecule has 1 aromatic heterocycles. The summed E-state index contributed by atoms with van der Waals surface area (Å²) in [7, 11) is 0. The van der Waals surface area contributed by atoms with Gasteiger partial charge in [-0.2, -0.15) is 5.10 Å². The first-order valence-electron chi connectivity index (χ1n) is 11.9. The maximum atomic E-state index is 14.1. The van der Waals surface area contributed by atoms with E-state index in [0.717, 1.165) is 67.7 Å². The number of alkyl halides is 1. The van der Waals surface area contributed by atoms with Gasteiger partial charge in [0.15, 0.2) is 11.6 Å². The molecule has 2 fully saturated rings. The topological polar surface area (TPSA) is 51.6 Å². The summed E-state index contributed by atoms with van der Waals surface area (Å²) in [5.41, 5.74) is 9.27. The lowest BCUT2D eigenvalue weighted by atomic mass is 10.1. The fourth-order valence-electron chi connectivity index (χ4n) is 4.92. The molecule has 2 aromatic rings. The first-order valence-corrected chi connectivity index (χ1v) is 12.3. The SMILES string of the molecule is CC(C)N1CCN(CCn2nc(N3CC[C@@H](F)C3)c3c2NNC(c2ccccc2)=C3Cl)CC1. The number of piperazine rings is 1. The fourth-order valence-corrected chi connectivity index (χ4v) is 5.25. The maximum absolute atomic E-state index is 14.1. The first-order chi connectivity index (χ1) is 16.0. The molecule has 2 saturated heterocycles. The van der Waals surface area contributed by atoms with E-state index < -0.39 is 6.17 Å². The number of nitrogens with one attached hydrogen (secondary N) is 2. The highest BCUT2D eigenvalue weighted by atomic mass is 35.5. The summed E-state index contributed by atoms with van der Waals surface area (Å²) < 4.78 is 16.0. The second-order valence-corrected chi connectivity index (χ2v) is 9.76. The van der Waals surface area contributed by atoms with Crippen LogP contribution in [0.5, 0.6) is 0 Å². The van der Waals surface area contributed by atoms with Crippen molar-refractivity contribution in [3.8, 4) is 0 Å². The molecule has 0 bridgehead atoms. The van der Waals surface area contributed by atoms with Crippen LogP contribution < -0.4 is 15.8 Å². The van der Waals surface area contributed by atoms with Crippen molar-refractivity contribution < 1.29 is 4.39 Å². The Morgan fingerprint density at radius 3 is 2.48 bits per heavy atom. The third-order valence-corrected chi connectivity index (χ3v) is 7.31. The summed E-state index contributed by atoms with van der Waals surface area (Å²) in [5.74, 6) is 1.61. The molecular formula is C24H33ClFN7. The number of benzene rings is 1. The van der Waals surface area contributed by atoms with E-state index in [1.807, 2.05) is 39.9 Å². The second-order valence-electron chi connectivity index (χ2n) is 9.38. The van der Waals surface area contributed by atoms with Crippen molar-refractivity contribution in [2.75, 3.05) is 56.1 Å². The fraction of sp³-hybridized carbons (Fsp3) is 0.542.